The van der Waals surface area contributed by atoms with E-state index in [1.165, 1.54) is 51.4 Å². The lowest BCUT2D eigenvalue weighted by Crippen LogP contribution is -2.38. The van der Waals surface area contributed by atoms with Crippen molar-refractivity contribution in [2.45, 2.75) is 140 Å². The molecule has 2 aliphatic carbocycles. The minimum absolute atomic E-state index is 0.130. The van der Waals surface area contributed by atoms with Crippen molar-refractivity contribution in [1.29, 1.82) is 0 Å². The minimum atomic E-state index is -1.49. The molecule has 2 unspecified atom stereocenters. The normalized spacial score (nSPS) is 32.5. The minimum Gasteiger partial charge on any atom is -0.461 e. The predicted molar refractivity (Wildman–Crippen MR) is 124 cm³/mol. The van der Waals surface area contributed by atoms with Crippen molar-refractivity contribution < 1.29 is 24.5 Å². The van der Waals surface area contributed by atoms with Crippen molar-refractivity contribution in [3.05, 3.63) is 0 Å². The fraction of sp³-hybridized carbons (Fsp3) is 0.962. The van der Waals surface area contributed by atoms with Crippen LogP contribution in [0.2, 0.25) is 0 Å². The summed E-state index contributed by atoms with van der Waals surface area (Å²) in [6.07, 6.45) is 16.2. The number of rotatable bonds is 16. The summed E-state index contributed by atoms with van der Waals surface area (Å²) in [4.78, 5) is 12.2. The average Bonchev–Trinajstić information content (AvgIpc) is 3.20. The number of hydrogen-bond donors (Lipinski definition) is 2. The standard InChI is InChI=1S/C26H48O5/c1-5-6-7-8-9-11-14-21-16-17-23(27)22(21)15-12-10-13-18-25(30-4)19-26(25,29)24(28)31-20(2)3/h20-23,27,29H,5-19H2,1-4H3/t21-,22+,23-,25?,26?/m0/s1. The van der Waals surface area contributed by atoms with Gasteiger partial charge in [-0.15, -0.1) is 0 Å². The van der Waals surface area contributed by atoms with Gasteiger partial charge in [-0.2, -0.15) is 0 Å². The highest BCUT2D eigenvalue weighted by atomic mass is 16.6. The molecule has 0 spiro atoms. The summed E-state index contributed by atoms with van der Waals surface area (Å²) in [6, 6.07) is 0. The smallest absolute Gasteiger partial charge is 0.341 e. The third kappa shape index (κ3) is 7.17. The fourth-order valence-corrected chi connectivity index (χ4v) is 5.64. The van der Waals surface area contributed by atoms with Crippen molar-refractivity contribution in [2.75, 3.05) is 7.11 Å². The lowest BCUT2D eigenvalue weighted by Gasteiger charge is -2.23. The van der Waals surface area contributed by atoms with Gasteiger partial charge in [0.15, 0.2) is 5.60 Å². The molecule has 2 aliphatic rings. The van der Waals surface area contributed by atoms with Crippen LogP contribution < -0.4 is 0 Å². The summed E-state index contributed by atoms with van der Waals surface area (Å²) < 4.78 is 10.8. The molecule has 0 aromatic carbocycles. The van der Waals surface area contributed by atoms with Gasteiger partial charge in [0.2, 0.25) is 0 Å². The molecule has 2 fully saturated rings. The van der Waals surface area contributed by atoms with E-state index in [2.05, 4.69) is 6.92 Å². The van der Waals surface area contributed by atoms with Crippen molar-refractivity contribution in [2.24, 2.45) is 11.8 Å². The van der Waals surface area contributed by atoms with Crippen LogP contribution in [-0.4, -0.2) is 46.7 Å². The van der Waals surface area contributed by atoms with E-state index >= 15 is 0 Å². The lowest BCUT2D eigenvalue weighted by atomic mass is 9.85. The van der Waals surface area contributed by atoms with E-state index in [9.17, 15) is 15.0 Å². The van der Waals surface area contributed by atoms with Gasteiger partial charge in [0.05, 0.1) is 12.2 Å². The Bertz CT molecular complexity index is 536. The lowest BCUT2D eigenvalue weighted by molar-refractivity contribution is -0.166. The zero-order valence-corrected chi connectivity index (χ0v) is 20.5. The zero-order chi connectivity index (χ0) is 22.9. The molecule has 0 radical (unpaired) electrons. The van der Waals surface area contributed by atoms with Crippen molar-refractivity contribution in [1.82, 2.24) is 0 Å². The zero-order valence-electron chi connectivity index (χ0n) is 20.5. The maximum Gasteiger partial charge on any atom is 0.341 e. The van der Waals surface area contributed by atoms with Gasteiger partial charge in [-0.05, 0) is 51.4 Å². The quantitative estimate of drug-likeness (QED) is 0.243. The number of hydrogen-bond acceptors (Lipinski definition) is 5. The number of aliphatic hydroxyl groups is 2. The van der Waals surface area contributed by atoms with Crippen LogP contribution in [0.5, 0.6) is 0 Å². The third-order valence-electron chi connectivity index (χ3n) is 7.72. The molecule has 0 amide bonds. The molecule has 0 aliphatic heterocycles. The molecule has 5 atom stereocenters. The molecule has 0 heterocycles. The number of aliphatic hydroxyl groups excluding tert-OH is 1. The molecule has 0 saturated heterocycles. The van der Waals surface area contributed by atoms with E-state index in [1.54, 1.807) is 21.0 Å². The van der Waals surface area contributed by atoms with Crippen LogP contribution >= 0.6 is 0 Å². The predicted octanol–water partition coefficient (Wildman–Crippen LogP) is 5.55. The molecule has 2 N–H and O–H groups in total. The molecule has 0 bridgehead atoms. The van der Waals surface area contributed by atoms with Crippen LogP contribution in [-0.2, 0) is 14.3 Å². The summed E-state index contributed by atoms with van der Waals surface area (Å²) in [6.45, 7) is 5.83. The first-order valence-corrected chi connectivity index (χ1v) is 13.0. The molecule has 5 nitrogen and oxygen atoms in total. The fourth-order valence-electron chi connectivity index (χ4n) is 5.64. The van der Waals surface area contributed by atoms with Crippen LogP contribution in [0.15, 0.2) is 0 Å². The van der Waals surface area contributed by atoms with Gasteiger partial charge in [-0.3, -0.25) is 0 Å². The van der Waals surface area contributed by atoms with Crippen molar-refractivity contribution in [3.63, 3.8) is 0 Å². The van der Waals surface area contributed by atoms with E-state index in [1.807, 2.05) is 0 Å². The van der Waals surface area contributed by atoms with E-state index < -0.39 is 17.2 Å². The Morgan fingerprint density at radius 3 is 2.32 bits per heavy atom. The Hall–Kier alpha value is -0.650. The second kappa shape index (κ2) is 12.6. The van der Waals surface area contributed by atoms with Crippen molar-refractivity contribution >= 4 is 5.97 Å². The SMILES string of the molecule is CCCCCCCC[C@H]1CC[C@H](O)[C@@H]1CCCCCC1(OC)CC1(O)C(=O)OC(C)C. The third-order valence-corrected chi connectivity index (χ3v) is 7.72. The Morgan fingerprint density at radius 2 is 1.65 bits per heavy atom. The summed E-state index contributed by atoms with van der Waals surface area (Å²) >= 11 is 0. The highest BCUT2D eigenvalue weighted by Gasteiger charge is 2.73. The largest absolute Gasteiger partial charge is 0.461 e. The molecular weight excluding hydrogens is 392 g/mol. The number of carbonyl (C=O) groups is 1. The maximum absolute atomic E-state index is 12.2. The molecule has 2 rings (SSSR count). The second-order valence-corrected chi connectivity index (χ2v) is 10.4. The number of methoxy groups -OCH3 is 1. The highest BCUT2D eigenvalue weighted by molar-refractivity contribution is 5.86. The topological polar surface area (TPSA) is 76.0 Å². The van der Waals surface area contributed by atoms with Gasteiger partial charge in [-0.1, -0.05) is 71.1 Å². The van der Waals surface area contributed by atoms with E-state index in [4.69, 9.17) is 9.47 Å². The van der Waals surface area contributed by atoms with Crippen LogP contribution in [0.25, 0.3) is 0 Å². The molecule has 0 aromatic heterocycles. The summed E-state index contributed by atoms with van der Waals surface area (Å²) in [5.74, 6) is 0.577. The molecular formula is C26H48O5. The molecule has 0 aromatic rings. The first kappa shape index (κ1) is 26.6. The molecule has 2 saturated carbocycles. The van der Waals surface area contributed by atoms with E-state index in [-0.39, 0.29) is 12.2 Å². The van der Waals surface area contributed by atoms with Crippen LogP contribution in [0, 0.1) is 11.8 Å². The second-order valence-electron chi connectivity index (χ2n) is 10.4. The molecule has 5 heteroatoms. The summed E-state index contributed by atoms with van der Waals surface area (Å²) in [7, 11) is 1.57. The monoisotopic (exact) mass is 440 g/mol. The Balaban J connectivity index is 1.66. The van der Waals surface area contributed by atoms with Gasteiger partial charge < -0.3 is 19.7 Å². The Kier molecular flexibility index (Phi) is 10.8. The van der Waals surface area contributed by atoms with Crippen molar-refractivity contribution in [3.8, 4) is 0 Å². The van der Waals surface area contributed by atoms with Gasteiger partial charge in [0.1, 0.15) is 5.60 Å². The summed E-state index contributed by atoms with van der Waals surface area (Å²) in [5.41, 5.74) is -2.28. The summed E-state index contributed by atoms with van der Waals surface area (Å²) in [5, 5.41) is 21.1. The number of ether oxygens (including phenoxy) is 2. The Morgan fingerprint density at radius 1 is 1.00 bits per heavy atom. The van der Waals surface area contributed by atoms with Crippen LogP contribution in [0.4, 0.5) is 0 Å². The average molecular weight is 441 g/mol. The molecule has 31 heavy (non-hydrogen) atoms. The maximum atomic E-state index is 12.2. The van der Waals surface area contributed by atoms with E-state index in [0.29, 0.717) is 24.7 Å². The Labute approximate surface area is 190 Å². The molecule has 182 valence electrons. The number of esters is 1. The highest BCUT2D eigenvalue weighted by Crippen LogP contribution is 2.54. The van der Waals surface area contributed by atoms with Gasteiger partial charge >= 0.3 is 5.97 Å². The first-order valence-electron chi connectivity index (χ1n) is 13.0. The van der Waals surface area contributed by atoms with Gasteiger partial charge in [0.25, 0.3) is 0 Å². The van der Waals surface area contributed by atoms with Gasteiger partial charge in [0, 0.05) is 13.5 Å². The van der Waals surface area contributed by atoms with E-state index in [0.717, 1.165) is 32.1 Å². The van der Waals surface area contributed by atoms with Crippen LogP contribution in [0.3, 0.4) is 0 Å². The number of unbranched alkanes of at least 4 members (excludes halogenated alkanes) is 7. The van der Waals surface area contributed by atoms with Gasteiger partial charge in [-0.25, -0.2) is 4.79 Å². The van der Waals surface area contributed by atoms with Crippen LogP contribution in [0.1, 0.15) is 117 Å². The first-order chi connectivity index (χ1) is 14.8. The number of carbonyl (C=O) groups excluding carboxylic acids is 1.